The third kappa shape index (κ3) is 2.67. The first-order valence-electron chi connectivity index (χ1n) is 7.68. The lowest BCUT2D eigenvalue weighted by molar-refractivity contribution is -0.148. The van der Waals surface area contributed by atoms with E-state index in [0.29, 0.717) is 11.2 Å². The van der Waals surface area contributed by atoms with E-state index in [4.69, 9.17) is 4.74 Å². The Kier molecular flexibility index (Phi) is 4.04. The average Bonchev–Trinajstić information content (AvgIpc) is 2.80. The fourth-order valence-electron chi connectivity index (χ4n) is 2.96. The third-order valence-electron chi connectivity index (χ3n) is 3.92. The first-order chi connectivity index (χ1) is 10.5. The Morgan fingerprint density at radius 1 is 1.36 bits per heavy atom. The van der Waals surface area contributed by atoms with Gasteiger partial charge in [-0.1, -0.05) is 0 Å². The van der Waals surface area contributed by atoms with E-state index in [9.17, 15) is 9.59 Å². The van der Waals surface area contributed by atoms with Crippen LogP contribution in [0.5, 0.6) is 0 Å². The molecular formula is C16H20N2O3S. The number of thiophene rings is 1. The molecule has 118 valence electrons. The highest BCUT2D eigenvalue weighted by Crippen LogP contribution is 2.33. The van der Waals surface area contributed by atoms with Gasteiger partial charge in [0, 0.05) is 4.88 Å². The van der Waals surface area contributed by atoms with E-state index >= 15 is 0 Å². The number of rotatable bonds is 3. The minimum Gasteiger partial charge on any atom is -0.462 e. The van der Waals surface area contributed by atoms with E-state index in [1.54, 1.807) is 32.1 Å². The molecule has 6 heteroatoms. The molecule has 0 amide bonds. The molecule has 0 aliphatic heterocycles. The van der Waals surface area contributed by atoms with E-state index in [2.05, 4.69) is 4.98 Å². The number of ether oxygens (including phenoxy) is 1. The van der Waals surface area contributed by atoms with Gasteiger partial charge < -0.3 is 4.74 Å². The zero-order chi connectivity index (χ0) is 15.9. The van der Waals surface area contributed by atoms with Crippen LogP contribution in [0.2, 0.25) is 0 Å². The van der Waals surface area contributed by atoms with Gasteiger partial charge in [-0.2, -0.15) is 0 Å². The number of aromatic nitrogens is 2. The maximum Gasteiger partial charge on any atom is 0.326 e. The molecule has 0 saturated carbocycles. The molecule has 2 aromatic rings. The Bertz CT molecular complexity index is 789. The van der Waals surface area contributed by atoms with Crippen molar-refractivity contribution < 1.29 is 9.53 Å². The average molecular weight is 320 g/mol. The number of nitrogens with zero attached hydrogens (tertiary/aromatic N) is 2. The van der Waals surface area contributed by atoms with Crippen molar-refractivity contribution in [2.45, 2.75) is 59.1 Å². The smallest absolute Gasteiger partial charge is 0.326 e. The molecule has 0 N–H and O–H groups in total. The summed E-state index contributed by atoms with van der Waals surface area (Å²) >= 11 is 1.63. The summed E-state index contributed by atoms with van der Waals surface area (Å²) in [6.45, 7) is 5.28. The molecule has 0 saturated heterocycles. The molecule has 0 aromatic carbocycles. The lowest BCUT2D eigenvalue weighted by atomic mass is 9.97. The van der Waals surface area contributed by atoms with E-state index in [0.717, 1.165) is 29.7 Å². The largest absolute Gasteiger partial charge is 0.462 e. The highest BCUT2D eigenvalue weighted by molar-refractivity contribution is 7.18. The Labute approximate surface area is 132 Å². The fourth-order valence-corrected chi connectivity index (χ4v) is 4.25. The van der Waals surface area contributed by atoms with Gasteiger partial charge in [-0.15, -0.1) is 11.3 Å². The molecule has 5 nitrogen and oxygen atoms in total. The number of fused-ring (bicyclic) bond motifs is 3. The van der Waals surface area contributed by atoms with Crippen molar-refractivity contribution in [3.05, 3.63) is 26.6 Å². The number of aryl methyl sites for hydroxylation is 3. The molecule has 0 atom stereocenters. The molecule has 0 unspecified atom stereocenters. The number of hydrogen-bond acceptors (Lipinski definition) is 5. The Balaban J connectivity index is 2.07. The quantitative estimate of drug-likeness (QED) is 0.816. The molecule has 2 aromatic heterocycles. The molecule has 0 radical (unpaired) electrons. The molecule has 3 rings (SSSR count). The highest BCUT2D eigenvalue weighted by atomic mass is 32.1. The summed E-state index contributed by atoms with van der Waals surface area (Å²) in [5.41, 5.74) is 1.04. The zero-order valence-electron chi connectivity index (χ0n) is 13.1. The molecule has 1 aliphatic rings. The summed E-state index contributed by atoms with van der Waals surface area (Å²) < 4.78 is 6.59. The number of carbonyl (C=O) groups excluding carboxylic acids is 1. The summed E-state index contributed by atoms with van der Waals surface area (Å²) in [6.07, 6.45) is 4.07. The fraction of sp³-hybridized carbons (Fsp3) is 0.562. The van der Waals surface area contributed by atoms with Crippen molar-refractivity contribution in [1.82, 2.24) is 9.55 Å². The summed E-state index contributed by atoms with van der Waals surface area (Å²) in [7, 11) is 0. The lowest BCUT2D eigenvalue weighted by Gasteiger charge is -2.12. The van der Waals surface area contributed by atoms with Crippen LogP contribution in [0.3, 0.4) is 0 Å². The van der Waals surface area contributed by atoms with Crippen LogP contribution in [0.15, 0.2) is 4.79 Å². The topological polar surface area (TPSA) is 61.2 Å². The van der Waals surface area contributed by atoms with Crippen LogP contribution in [-0.2, 0) is 28.9 Å². The lowest BCUT2D eigenvalue weighted by Crippen LogP contribution is -2.29. The molecule has 0 bridgehead atoms. The summed E-state index contributed by atoms with van der Waals surface area (Å²) in [4.78, 5) is 31.3. The van der Waals surface area contributed by atoms with Gasteiger partial charge >= 0.3 is 5.97 Å². The third-order valence-corrected chi connectivity index (χ3v) is 5.11. The maximum atomic E-state index is 12.8. The van der Waals surface area contributed by atoms with Crippen LogP contribution in [-0.4, -0.2) is 21.6 Å². The van der Waals surface area contributed by atoms with Crippen LogP contribution in [0.4, 0.5) is 0 Å². The number of carbonyl (C=O) groups is 1. The first kappa shape index (κ1) is 15.2. The standard InChI is InChI=1S/C16H20N2O3S/c1-9(2)21-13(19)8-18-10(3)17-15-14(16(18)20)11-6-4-5-7-12(11)22-15/h9H,4-8H2,1-3H3. The summed E-state index contributed by atoms with van der Waals surface area (Å²) in [6, 6.07) is 0. The highest BCUT2D eigenvalue weighted by Gasteiger charge is 2.22. The van der Waals surface area contributed by atoms with Crippen molar-refractivity contribution >= 4 is 27.5 Å². The molecular weight excluding hydrogens is 300 g/mol. The second-order valence-corrected chi connectivity index (χ2v) is 7.06. The van der Waals surface area contributed by atoms with Gasteiger partial charge in [0.15, 0.2) is 0 Å². The van der Waals surface area contributed by atoms with Crippen molar-refractivity contribution in [3.8, 4) is 0 Å². The maximum absolute atomic E-state index is 12.8. The van der Waals surface area contributed by atoms with Crippen LogP contribution in [0.1, 0.15) is 43.0 Å². The summed E-state index contributed by atoms with van der Waals surface area (Å²) in [5, 5.41) is 0.711. The Hall–Kier alpha value is -1.69. The summed E-state index contributed by atoms with van der Waals surface area (Å²) in [5.74, 6) is 0.169. The minimum atomic E-state index is -0.398. The molecule has 0 fully saturated rings. The number of esters is 1. The molecule has 22 heavy (non-hydrogen) atoms. The SMILES string of the molecule is Cc1nc2sc3c(c2c(=O)n1CC(=O)OC(C)C)CCCC3. The molecule has 1 aliphatic carbocycles. The van der Waals surface area contributed by atoms with Crippen molar-refractivity contribution in [3.63, 3.8) is 0 Å². The predicted octanol–water partition coefficient (Wildman–Crippen LogP) is 2.60. The monoisotopic (exact) mass is 320 g/mol. The number of hydrogen-bond donors (Lipinski definition) is 0. The molecule has 2 heterocycles. The zero-order valence-corrected chi connectivity index (χ0v) is 14.0. The van der Waals surface area contributed by atoms with Crippen LogP contribution in [0.25, 0.3) is 10.2 Å². The predicted molar refractivity (Wildman–Crippen MR) is 86.5 cm³/mol. The normalized spacial score (nSPS) is 14.4. The Morgan fingerprint density at radius 2 is 2.09 bits per heavy atom. The van der Waals surface area contributed by atoms with Crippen molar-refractivity contribution in [2.24, 2.45) is 0 Å². The van der Waals surface area contributed by atoms with Gasteiger partial charge in [-0.3, -0.25) is 14.2 Å². The van der Waals surface area contributed by atoms with E-state index in [-0.39, 0.29) is 18.2 Å². The van der Waals surface area contributed by atoms with E-state index in [1.165, 1.54) is 15.9 Å². The van der Waals surface area contributed by atoms with Gasteiger partial charge in [0.25, 0.3) is 5.56 Å². The van der Waals surface area contributed by atoms with Gasteiger partial charge in [0.05, 0.1) is 11.5 Å². The van der Waals surface area contributed by atoms with Crippen molar-refractivity contribution in [2.75, 3.05) is 0 Å². The Morgan fingerprint density at radius 3 is 2.82 bits per heavy atom. The van der Waals surface area contributed by atoms with Crippen LogP contribution in [0, 0.1) is 6.92 Å². The van der Waals surface area contributed by atoms with E-state index in [1.807, 2.05) is 0 Å². The second kappa shape index (κ2) is 5.83. The first-order valence-corrected chi connectivity index (χ1v) is 8.50. The molecule has 0 spiro atoms. The van der Waals surface area contributed by atoms with Crippen LogP contribution < -0.4 is 5.56 Å². The second-order valence-electron chi connectivity index (χ2n) is 5.98. The van der Waals surface area contributed by atoms with Crippen molar-refractivity contribution in [1.29, 1.82) is 0 Å². The van der Waals surface area contributed by atoms with Gasteiger partial charge in [0.1, 0.15) is 17.2 Å². The van der Waals surface area contributed by atoms with Crippen LogP contribution >= 0.6 is 11.3 Å². The van der Waals surface area contributed by atoms with E-state index < -0.39 is 5.97 Å². The van der Waals surface area contributed by atoms with Gasteiger partial charge in [0.2, 0.25) is 0 Å². The van der Waals surface area contributed by atoms with Gasteiger partial charge in [-0.05, 0) is 52.0 Å². The van der Waals surface area contributed by atoms with Gasteiger partial charge in [-0.25, -0.2) is 4.98 Å². The minimum absolute atomic E-state index is 0.0730.